The summed E-state index contributed by atoms with van der Waals surface area (Å²) in [6.45, 7) is 7.60. The van der Waals surface area contributed by atoms with E-state index in [2.05, 4.69) is 17.1 Å². The van der Waals surface area contributed by atoms with Crippen LogP contribution in [0.2, 0.25) is 0 Å². The van der Waals surface area contributed by atoms with Crippen molar-refractivity contribution in [1.82, 2.24) is 10.2 Å². The van der Waals surface area contributed by atoms with E-state index >= 15 is 0 Å². The second-order valence-corrected chi connectivity index (χ2v) is 5.32. The van der Waals surface area contributed by atoms with E-state index in [0.717, 1.165) is 25.9 Å². The van der Waals surface area contributed by atoms with Crippen LogP contribution in [0, 0.1) is 0 Å². The molecule has 2 N–H and O–H groups in total. The predicted molar refractivity (Wildman–Crippen MR) is 89.6 cm³/mol. The summed E-state index contributed by atoms with van der Waals surface area (Å²) in [5.74, 6) is 0.104. The fourth-order valence-electron chi connectivity index (χ4n) is 1.73. The number of ether oxygens (including phenoxy) is 3. The van der Waals surface area contributed by atoms with Crippen molar-refractivity contribution in [2.75, 3.05) is 72.9 Å². The van der Waals surface area contributed by atoms with E-state index in [1.54, 1.807) is 0 Å². The Hall–Kier alpha value is -0.730. The lowest BCUT2D eigenvalue weighted by molar-refractivity contribution is -0.121. The van der Waals surface area contributed by atoms with Crippen molar-refractivity contribution < 1.29 is 24.1 Å². The maximum atomic E-state index is 11.4. The van der Waals surface area contributed by atoms with Crippen molar-refractivity contribution in [3.8, 4) is 0 Å². The van der Waals surface area contributed by atoms with Gasteiger partial charge in [-0.05, 0) is 13.5 Å². The molecule has 0 aromatic carbocycles. The summed E-state index contributed by atoms with van der Waals surface area (Å²) in [4.78, 5) is 13.5. The molecule has 0 unspecified atom stereocenters. The smallest absolute Gasteiger partial charge is 0.220 e. The molecule has 0 aromatic rings. The van der Waals surface area contributed by atoms with Crippen molar-refractivity contribution in [1.29, 1.82) is 0 Å². The SMILES string of the molecule is CCCCC(=O)NCCOCCN(C)CCOCCOCCO. The first-order valence-electron chi connectivity index (χ1n) is 8.50. The number of likely N-dealkylation sites (N-methyl/N-ethyl adjacent to an activating group) is 1. The number of aliphatic hydroxyl groups is 1. The van der Waals surface area contributed by atoms with Crippen LogP contribution in [0.5, 0.6) is 0 Å². The Bertz CT molecular complexity index is 267. The molecular formula is C16H34N2O5. The Balaban J connectivity index is 3.24. The molecule has 0 saturated carbocycles. The Kier molecular flexibility index (Phi) is 17.1. The van der Waals surface area contributed by atoms with E-state index in [9.17, 15) is 4.79 Å². The summed E-state index contributed by atoms with van der Waals surface area (Å²) in [7, 11) is 2.02. The lowest BCUT2D eigenvalue weighted by Crippen LogP contribution is -2.30. The standard InChI is InChI=1S/C16H34N2O5/c1-3-4-5-16(20)17-6-10-21-11-7-18(2)8-12-22-14-15-23-13-9-19/h19H,3-15H2,1-2H3,(H,17,20). The van der Waals surface area contributed by atoms with Gasteiger partial charge in [0.2, 0.25) is 5.91 Å². The largest absolute Gasteiger partial charge is 0.394 e. The van der Waals surface area contributed by atoms with Crippen molar-refractivity contribution in [3.05, 3.63) is 0 Å². The molecule has 0 spiro atoms. The minimum atomic E-state index is 0.0468. The summed E-state index contributed by atoms with van der Waals surface area (Å²) in [5, 5.41) is 11.4. The third-order valence-electron chi connectivity index (χ3n) is 3.17. The number of aliphatic hydroxyl groups excluding tert-OH is 1. The van der Waals surface area contributed by atoms with Crippen molar-refractivity contribution >= 4 is 5.91 Å². The first-order chi connectivity index (χ1) is 11.2. The van der Waals surface area contributed by atoms with Crippen LogP contribution >= 0.6 is 0 Å². The number of hydrogen-bond donors (Lipinski definition) is 2. The number of rotatable bonds is 17. The Morgan fingerprint density at radius 2 is 1.61 bits per heavy atom. The molecular weight excluding hydrogens is 300 g/mol. The lowest BCUT2D eigenvalue weighted by Gasteiger charge is -2.16. The van der Waals surface area contributed by atoms with E-state index in [-0.39, 0.29) is 12.5 Å². The van der Waals surface area contributed by atoms with Gasteiger partial charge in [0, 0.05) is 26.1 Å². The molecule has 7 heteroatoms. The minimum Gasteiger partial charge on any atom is -0.394 e. The number of carbonyl (C=O) groups excluding carboxylic acids is 1. The van der Waals surface area contributed by atoms with Crippen LogP contribution in [0.3, 0.4) is 0 Å². The molecule has 0 fully saturated rings. The minimum absolute atomic E-state index is 0.0468. The van der Waals surface area contributed by atoms with Crippen LogP contribution in [0.15, 0.2) is 0 Å². The van der Waals surface area contributed by atoms with E-state index in [1.165, 1.54) is 0 Å². The molecule has 7 nitrogen and oxygen atoms in total. The fourth-order valence-corrected chi connectivity index (χ4v) is 1.73. The van der Waals surface area contributed by atoms with Crippen molar-refractivity contribution in [3.63, 3.8) is 0 Å². The number of amides is 1. The zero-order chi connectivity index (χ0) is 17.2. The molecule has 0 bridgehead atoms. The van der Waals surface area contributed by atoms with Gasteiger partial charge in [-0.25, -0.2) is 0 Å². The molecule has 138 valence electrons. The molecule has 0 aliphatic rings. The maximum absolute atomic E-state index is 11.4. The normalized spacial score (nSPS) is 11.1. The molecule has 0 aliphatic heterocycles. The third-order valence-corrected chi connectivity index (χ3v) is 3.17. The average molecular weight is 334 g/mol. The Morgan fingerprint density at radius 1 is 1.00 bits per heavy atom. The van der Waals surface area contributed by atoms with Gasteiger partial charge in [0.1, 0.15) is 0 Å². The van der Waals surface area contributed by atoms with E-state index < -0.39 is 0 Å². The third kappa shape index (κ3) is 17.5. The fraction of sp³-hybridized carbons (Fsp3) is 0.938. The van der Waals surface area contributed by atoms with E-state index in [4.69, 9.17) is 19.3 Å². The topological polar surface area (TPSA) is 80.3 Å². The van der Waals surface area contributed by atoms with Crippen LogP contribution < -0.4 is 5.32 Å². The van der Waals surface area contributed by atoms with Crippen LogP contribution in [0.4, 0.5) is 0 Å². The second-order valence-electron chi connectivity index (χ2n) is 5.32. The number of nitrogens with zero attached hydrogens (tertiary/aromatic N) is 1. The number of unbranched alkanes of at least 4 members (excludes halogenated alkanes) is 1. The van der Waals surface area contributed by atoms with Gasteiger partial charge < -0.3 is 29.5 Å². The second kappa shape index (κ2) is 17.6. The Labute approximate surface area is 140 Å². The highest BCUT2D eigenvalue weighted by Gasteiger charge is 2.00. The summed E-state index contributed by atoms with van der Waals surface area (Å²) in [6.07, 6.45) is 2.58. The van der Waals surface area contributed by atoms with Gasteiger partial charge in [0.25, 0.3) is 0 Å². The molecule has 0 atom stereocenters. The highest BCUT2D eigenvalue weighted by atomic mass is 16.5. The van der Waals surface area contributed by atoms with E-state index in [1.807, 2.05) is 7.05 Å². The summed E-state index contributed by atoms with van der Waals surface area (Å²) >= 11 is 0. The van der Waals surface area contributed by atoms with Gasteiger partial charge >= 0.3 is 0 Å². The van der Waals surface area contributed by atoms with Crippen LogP contribution in [0.1, 0.15) is 26.2 Å². The van der Waals surface area contributed by atoms with Crippen molar-refractivity contribution in [2.45, 2.75) is 26.2 Å². The predicted octanol–water partition coefficient (Wildman–Crippen LogP) is 0.267. The lowest BCUT2D eigenvalue weighted by atomic mass is 10.2. The van der Waals surface area contributed by atoms with Gasteiger partial charge in [0.15, 0.2) is 0 Å². The maximum Gasteiger partial charge on any atom is 0.220 e. The van der Waals surface area contributed by atoms with Gasteiger partial charge in [-0.15, -0.1) is 0 Å². The van der Waals surface area contributed by atoms with Crippen LogP contribution in [0.25, 0.3) is 0 Å². The zero-order valence-corrected chi connectivity index (χ0v) is 14.7. The molecule has 23 heavy (non-hydrogen) atoms. The highest BCUT2D eigenvalue weighted by molar-refractivity contribution is 5.75. The average Bonchev–Trinajstić information content (AvgIpc) is 2.55. The number of hydrogen-bond acceptors (Lipinski definition) is 6. The molecule has 0 aliphatic carbocycles. The number of nitrogens with one attached hydrogen (secondary N) is 1. The Morgan fingerprint density at radius 3 is 2.22 bits per heavy atom. The quantitative estimate of drug-likeness (QED) is 0.372. The number of carbonyl (C=O) groups is 1. The monoisotopic (exact) mass is 334 g/mol. The van der Waals surface area contributed by atoms with Crippen LogP contribution in [-0.2, 0) is 19.0 Å². The first-order valence-corrected chi connectivity index (χ1v) is 8.50. The molecule has 0 radical (unpaired) electrons. The molecule has 1 amide bonds. The summed E-state index contributed by atoms with van der Waals surface area (Å²) < 4.78 is 16.0. The van der Waals surface area contributed by atoms with Gasteiger partial charge in [0.05, 0.1) is 46.2 Å². The van der Waals surface area contributed by atoms with Crippen LogP contribution in [-0.4, -0.2) is 88.8 Å². The van der Waals surface area contributed by atoms with E-state index in [0.29, 0.717) is 52.6 Å². The van der Waals surface area contributed by atoms with Gasteiger partial charge in [-0.3, -0.25) is 4.79 Å². The zero-order valence-electron chi connectivity index (χ0n) is 14.7. The van der Waals surface area contributed by atoms with Gasteiger partial charge in [-0.1, -0.05) is 13.3 Å². The molecule has 0 saturated heterocycles. The summed E-state index contributed by atoms with van der Waals surface area (Å²) in [6, 6.07) is 0. The highest BCUT2D eigenvalue weighted by Crippen LogP contribution is 1.92. The summed E-state index contributed by atoms with van der Waals surface area (Å²) in [5.41, 5.74) is 0. The molecule has 0 aromatic heterocycles. The first kappa shape index (κ1) is 22.3. The van der Waals surface area contributed by atoms with Gasteiger partial charge in [-0.2, -0.15) is 0 Å². The molecule has 0 heterocycles. The molecule has 0 rings (SSSR count). The van der Waals surface area contributed by atoms with Crippen molar-refractivity contribution in [2.24, 2.45) is 0 Å².